The number of hydrogen-bond acceptors (Lipinski definition) is 3. The predicted octanol–water partition coefficient (Wildman–Crippen LogP) is 4.61. The number of thiazole rings is 1. The normalized spacial score (nSPS) is 10.6. The molecule has 0 unspecified atom stereocenters. The number of halogens is 2. The number of rotatable bonds is 6. The second-order valence-electron chi connectivity index (χ2n) is 5.56. The van der Waals surface area contributed by atoms with E-state index in [0.717, 1.165) is 26.3 Å². The van der Waals surface area contributed by atoms with Crippen LogP contribution in [0.25, 0.3) is 10.6 Å². The third kappa shape index (κ3) is 5.21. The molecule has 0 aliphatic heterocycles. The van der Waals surface area contributed by atoms with E-state index in [-0.39, 0.29) is 18.1 Å². The summed E-state index contributed by atoms with van der Waals surface area (Å²) in [4.78, 5) is 16.6. The summed E-state index contributed by atoms with van der Waals surface area (Å²) in [5.41, 5.74) is 2.64. The van der Waals surface area contributed by atoms with Crippen molar-refractivity contribution in [3.8, 4) is 10.6 Å². The number of nitrogens with zero attached hydrogens (tertiary/aromatic N) is 1. The van der Waals surface area contributed by atoms with Gasteiger partial charge in [-0.2, -0.15) is 0 Å². The third-order valence-corrected chi connectivity index (χ3v) is 5.02. The second kappa shape index (κ2) is 8.36. The molecular weight excluding hydrogens is 403 g/mol. The van der Waals surface area contributed by atoms with Crippen LogP contribution in [0.3, 0.4) is 0 Å². The monoisotopic (exact) mass is 418 g/mol. The van der Waals surface area contributed by atoms with E-state index < -0.39 is 0 Å². The van der Waals surface area contributed by atoms with E-state index in [4.69, 9.17) is 0 Å². The zero-order chi connectivity index (χ0) is 17.6. The van der Waals surface area contributed by atoms with Crippen molar-refractivity contribution in [2.24, 2.45) is 0 Å². The third-order valence-electron chi connectivity index (χ3n) is 3.59. The molecule has 1 amide bonds. The fraction of sp³-hybridized carbons (Fsp3) is 0.158. The van der Waals surface area contributed by atoms with E-state index in [0.29, 0.717) is 13.0 Å². The standard InChI is InChI=1S/C19H16BrFN2OS/c20-15-5-2-4-14(10-15)19-23-17(12-25-19)11-18(24)22-8-7-13-3-1-6-16(21)9-13/h1-6,9-10,12H,7-8,11H2,(H,22,24). The Bertz CT molecular complexity index is 881. The maximum absolute atomic E-state index is 13.1. The molecule has 0 fully saturated rings. The maximum atomic E-state index is 13.1. The van der Waals surface area contributed by atoms with Crippen molar-refractivity contribution < 1.29 is 9.18 Å². The molecule has 0 saturated heterocycles. The molecule has 0 atom stereocenters. The van der Waals surface area contributed by atoms with Crippen molar-refractivity contribution in [2.45, 2.75) is 12.8 Å². The molecule has 25 heavy (non-hydrogen) atoms. The topological polar surface area (TPSA) is 42.0 Å². The van der Waals surface area contributed by atoms with E-state index in [1.54, 1.807) is 6.07 Å². The van der Waals surface area contributed by atoms with Crippen LogP contribution in [0.4, 0.5) is 4.39 Å². The smallest absolute Gasteiger partial charge is 0.226 e. The van der Waals surface area contributed by atoms with Crippen LogP contribution < -0.4 is 5.32 Å². The van der Waals surface area contributed by atoms with Crippen molar-refractivity contribution in [3.63, 3.8) is 0 Å². The maximum Gasteiger partial charge on any atom is 0.226 e. The lowest BCUT2D eigenvalue weighted by Gasteiger charge is -2.04. The fourth-order valence-corrected chi connectivity index (χ4v) is 3.62. The molecule has 0 spiro atoms. The fourth-order valence-electron chi connectivity index (χ4n) is 2.41. The minimum atomic E-state index is -0.258. The Kier molecular flexibility index (Phi) is 5.94. The van der Waals surface area contributed by atoms with Crippen LogP contribution in [0.1, 0.15) is 11.3 Å². The Morgan fingerprint density at radius 2 is 2.04 bits per heavy atom. The van der Waals surface area contributed by atoms with Crippen LogP contribution >= 0.6 is 27.3 Å². The summed E-state index contributed by atoms with van der Waals surface area (Å²) in [5, 5.41) is 5.65. The summed E-state index contributed by atoms with van der Waals surface area (Å²) in [6.07, 6.45) is 0.845. The first kappa shape index (κ1) is 17.8. The number of aromatic nitrogens is 1. The molecule has 1 aromatic heterocycles. The van der Waals surface area contributed by atoms with Crippen LogP contribution in [-0.4, -0.2) is 17.4 Å². The average molecular weight is 419 g/mol. The molecular formula is C19H16BrFN2OS. The average Bonchev–Trinajstić information content (AvgIpc) is 3.03. The van der Waals surface area contributed by atoms with Crippen LogP contribution in [0, 0.1) is 5.82 Å². The van der Waals surface area contributed by atoms with Crippen molar-refractivity contribution in [1.82, 2.24) is 10.3 Å². The zero-order valence-electron chi connectivity index (χ0n) is 13.3. The predicted molar refractivity (Wildman–Crippen MR) is 102 cm³/mol. The van der Waals surface area contributed by atoms with E-state index >= 15 is 0 Å². The molecule has 3 nitrogen and oxygen atoms in total. The minimum absolute atomic E-state index is 0.0810. The van der Waals surface area contributed by atoms with Gasteiger partial charge in [-0.15, -0.1) is 11.3 Å². The molecule has 0 aliphatic rings. The number of amides is 1. The van der Waals surface area contributed by atoms with E-state index in [9.17, 15) is 9.18 Å². The largest absolute Gasteiger partial charge is 0.355 e. The van der Waals surface area contributed by atoms with Crippen LogP contribution in [0.15, 0.2) is 58.4 Å². The minimum Gasteiger partial charge on any atom is -0.355 e. The molecule has 128 valence electrons. The van der Waals surface area contributed by atoms with Gasteiger partial charge in [0.2, 0.25) is 5.91 Å². The Hall–Kier alpha value is -2.05. The quantitative estimate of drug-likeness (QED) is 0.634. The van der Waals surface area contributed by atoms with Gasteiger partial charge in [-0.3, -0.25) is 4.79 Å². The Morgan fingerprint density at radius 1 is 1.20 bits per heavy atom. The van der Waals surface area contributed by atoms with Gasteiger partial charge < -0.3 is 5.32 Å². The Balaban J connectivity index is 1.51. The highest BCUT2D eigenvalue weighted by molar-refractivity contribution is 9.10. The SMILES string of the molecule is O=C(Cc1csc(-c2cccc(Br)c2)n1)NCCc1cccc(F)c1. The highest BCUT2D eigenvalue weighted by atomic mass is 79.9. The lowest BCUT2D eigenvalue weighted by atomic mass is 10.1. The molecule has 3 aromatic rings. The first-order chi connectivity index (χ1) is 12.1. The lowest BCUT2D eigenvalue weighted by molar-refractivity contribution is -0.120. The highest BCUT2D eigenvalue weighted by Gasteiger charge is 2.09. The number of carbonyl (C=O) groups excluding carboxylic acids is 1. The van der Waals surface area contributed by atoms with Crippen LogP contribution in [0.2, 0.25) is 0 Å². The number of benzene rings is 2. The Morgan fingerprint density at radius 3 is 2.84 bits per heavy atom. The van der Waals surface area contributed by atoms with Gasteiger partial charge in [-0.25, -0.2) is 9.37 Å². The van der Waals surface area contributed by atoms with Gasteiger partial charge in [-0.1, -0.05) is 40.2 Å². The van der Waals surface area contributed by atoms with E-state index in [1.165, 1.54) is 23.5 Å². The van der Waals surface area contributed by atoms with Gasteiger partial charge in [0.25, 0.3) is 0 Å². The van der Waals surface area contributed by atoms with Gasteiger partial charge in [0, 0.05) is 22.0 Å². The summed E-state index contributed by atoms with van der Waals surface area (Å²) >= 11 is 4.97. The summed E-state index contributed by atoms with van der Waals surface area (Å²) < 4.78 is 14.1. The number of hydrogen-bond donors (Lipinski definition) is 1. The molecule has 0 radical (unpaired) electrons. The lowest BCUT2D eigenvalue weighted by Crippen LogP contribution is -2.27. The van der Waals surface area contributed by atoms with Crippen molar-refractivity contribution in [2.75, 3.05) is 6.54 Å². The molecule has 3 rings (SSSR count). The summed E-state index contributed by atoms with van der Waals surface area (Å²) in [5.74, 6) is -0.339. The molecule has 0 bridgehead atoms. The summed E-state index contributed by atoms with van der Waals surface area (Å²) in [7, 11) is 0. The summed E-state index contributed by atoms with van der Waals surface area (Å²) in [6.45, 7) is 0.477. The molecule has 1 N–H and O–H groups in total. The first-order valence-electron chi connectivity index (χ1n) is 7.81. The van der Waals surface area contributed by atoms with Crippen molar-refractivity contribution in [1.29, 1.82) is 0 Å². The van der Waals surface area contributed by atoms with Crippen LogP contribution in [-0.2, 0) is 17.6 Å². The zero-order valence-corrected chi connectivity index (χ0v) is 15.7. The van der Waals surface area contributed by atoms with Crippen molar-refractivity contribution >= 4 is 33.2 Å². The van der Waals surface area contributed by atoms with Gasteiger partial charge in [0.05, 0.1) is 12.1 Å². The highest BCUT2D eigenvalue weighted by Crippen LogP contribution is 2.26. The second-order valence-corrected chi connectivity index (χ2v) is 7.33. The molecule has 6 heteroatoms. The van der Waals surface area contributed by atoms with Crippen molar-refractivity contribution in [3.05, 3.63) is 75.5 Å². The summed E-state index contributed by atoms with van der Waals surface area (Å²) in [6, 6.07) is 14.3. The van der Waals surface area contributed by atoms with Gasteiger partial charge in [0.15, 0.2) is 0 Å². The molecule has 0 saturated carbocycles. The van der Waals surface area contributed by atoms with E-state index in [1.807, 2.05) is 35.7 Å². The molecule has 0 aliphatic carbocycles. The van der Waals surface area contributed by atoms with Crippen LogP contribution in [0.5, 0.6) is 0 Å². The first-order valence-corrected chi connectivity index (χ1v) is 9.49. The molecule has 2 aromatic carbocycles. The Labute approximate surface area is 158 Å². The van der Waals surface area contributed by atoms with Gasteiger partial charge in [0.1, 0.15) is 10.8 Å². The van der Waals surface area contributed by atoms with Gasteiger partial charge in [-0.05, 0) is 36.2 Å². The van der Waals surface area contributed by atoms with E-state index in [2.05, 4.69) is 26.2 Å². The molecule has 1 heterocycles. The van der Waals surface area contributed by atoms with Gasteiger partial charge >= 0.3 is 0 Å². The number of nitrogens with one attached hydrogen (secondary N) is 1. The number of carbonyl (C=O) groups is 1.